The number of pyridine rings is 1. The lowest BCUT2D eigenvalue weighted by Crippen LogP contribution is -2.12. The third-order valence-electron chi connectivity index (χ3n) is 2.70. The number of aliphatic hydroxyl groups excluding tert-OH is 1. The van der Waals surface area contributed by atoms with E-state index in [-0.39, 0.29) is 26.9 Å². The number of hydrogen-bond acceptors (Lipinski definition) is 2. The van der Waals surface area contributed by atoms with Gasteiger partial charge in [0.15, 0.2) is 0 Å². The normalized spacial score (nSPS) is 11.7. The van der Waals surface area contributed by atoms with E-state index < -0.39 is 18.3 Å². The summed E-state index contributed by atoms with van der Waals surface area (Å²) in [4.78, 5) is 3.75. The zero-order valence-corrected chi connectivity index (χ0v) is 11.4. The summed E-state index contributed by atoms with van der Waals surface area (Å²) in [6.07, 6.45) is -3.47. The highest BCUT2D eigenvalue weighted by molar-refractivity contribution is 6.43. The van der Waals surface area contributed by atoms with Crippen molar-refractivity contribution in [1.82, 2.24) is 4.98 Å². The number of alkyl halides is 3. The van der Waals surface area contributed by atoms with Crippen molar-refractivity contribution in [3.05, 3.63) is 51.6 Å². The van der Waals surface area contributed by atoms with Crippen LogP contribution in [-0.2, 0) is 12.8 Å². The summed E-state index contributed by atoms with van der Waals surface area (Å²) in [5.41, 5.74) is -1.55. The Labute approximate surface area is 122 Å². The summed E-state index contributed by atoms with van der Waals surface area (Å²) in [5.74, 6) is 0. The monoisotopic (exact) mass is 321 g/mol. The number of aromatic nitrogens is 1. The minimum absolute atomic E-state index is 0.0118. The Balaban J connectivity index is 2.78. The molecule has 2 aromatic rings. The molecular weight excluding hydrogens is 314 g/mol. The van der Waals surface area contributed by atoms with E-state index in [0.717, 1.165) is 6.07 Å². The second-order valence-electron chi connectivity index (χ2n) is 3.95. The van der Waals surface area contributed by atoms with E-state index in [4.69, 9.17) is 28.3 Å². The predicted molar refractivity (Wildman–Crippen MR) is 70.6 cm³/mol. The molecule has 0 amide bonds. The van der Waals surface area contributed by atoms with Crippen molar-refractivity contribution in [3.63, 3.8) is 0 Å². The Morgan fingerprint density at radius 2 is 1.85 bits per heavy atom. The number of rotatable bonds is 2. The highest BCUT2D eigenvalue weighted by atomic mass is 35.5. The van der Waals surface area contributed by atoms with Gasteiger partial charge in [0.05, 0.1) is 27.9 Å². The third-order valence-corrected chi connectivity index (χ3v) is 3.52. The van der Waals surface area contributed by atoms with Crippen molar-refractivity contribution in [2.24, 2.45) is 0 Å². The van der Waals surface area contributed by atoms with Gasteiger partial charge in [0.2, 0.25) is 0 Å². The lowest BCUT2D eigenvalue weighted by Gasteiger charge is -2.16. The van der Waals surface area contributed by atoms with Crippen LogP contribution in [0.15, 0.2) is 30.5 Å². The van der Waals surface area contributed by atoms with Crippen LogP contribution < -0.4 is 0 Å². The quantitative estimate of drug-likeness (QED) is 0.879. The van der Waals surface area contributed by atoms with Gasteiger partial charge in [-0.2, -0.15) is 13.2 Å². The van der Waals surface area contributed by atoms with Gasteiger partial charge in [-0.25, -0.2) is 0 Å². The van der Waals surface area contributed by atoms with Crippen molar-refractivity contribution < 1.29 is 18.3 Å². The van der Waals surface area contributed by atoms with Gasteiger partial charge in [0.25, 0.3) is 0 Å². The van der Waals surface area contributed by atoms with Crippen LogP contribution >= 0.6 is 23.2 Å². The molecule has 1 aromatic heterocycles. The largest absolute Gasteiger partial charge is 0.418 e. The molecular formula is C13H8Cl2F3NO. The fourth-order valence-electron chi connectivity index (χ4n) is 1.84. The molecule has 20 heavy (non-hydrogen) atoms. The summed E-state index contributed by atoms with van der Waals surface area (Å²) in [7, 11) is 0. The van der Waals surface area contributed by atoms with Crippen LogP contribution in [0, 0.1) is 0 Å². The van der Waals surface area contributed by atoms with Crippen molar-refractivity contribution in [2.75, 3.05) is 0 Å². The van der Waals surface area contributed by atoms with Gasteiger partial charge >= 0.3 is 6.18 Å². The molecule has 1 N–H and O–H groups in total. The smallest absolute Gasteiger partial charge is 0.392 e. The topological polar surface area (TPSA) is 33.1 Å². The van der Waals surface area contributed by atoms with E-state index in [0.29, 0.717) is 0 Å². The van der Waals surface area contributed by atoms with Gasteiger partial charge in [0.1, 0.15) is 0 Å². The minimum Gasteiger partial charge on any atom is -0.392 e. The van der Waals surface area contributed by atoms with Crippen LogP contribution in [0.3, 0.4) is 0 Å². The summed E-state index contributed by atoms with van der Waals surface area (Å²) in [5, 5.41) is 9.21. The minimum atomic E-state index is -4.66. The highest BCUT2D eigenvalue weighted by Gasteiger charge is 2.37. The van der Waals surface area contributed by atoms with Crippen molar-refractivity contribution in [3.8, 4) is 11.3 Å². The van der Waals surface area contributed by atoms with Crippen LogP contribution in [0.1, 0.15) is 11.1 Å². The lowest BCUT2D eigenvalue weighted by atomic mass is 10.0. The fraction of sp³-hybridized carbons (Fsp3) is 0.154. The Hall–Kier alpha value is -1.30. The Bertz CT molecular complexity index is 644. The van der Waals surface area contributed by atoms with E-state index in [1.807, 2.05) is 0 Å². The molecule has 0 fully saturated rings. The van der Waals surface area contributed by atoms with E-state index in [9.17, 15) is 13.2 Å². The zero-order chi connectivity index (χ0) is 14.9. The number of benzene rings is 1. The molecule has 0 saturated carbocycles. The van der Waals surface area contributed by atoms with Crippen molar-refractivity contribution in [2.45, 2.75) is 12.8 Å². The first kappa shape index (κ1) is 15.1. The van der Waals surface area contributed by atoms with E-state index in [1.54, 1.807) is 0 Å². The van der Waals surface area contributed by atoms with E-state index >= 15 is 0 Å². The van der Waals surface area contributed by atoms with Crippen LogP contribution in [0.2, 0.25) is 10.0 Å². The Morgan fingerprint density at radius 1 is 1.15 bits per heavy atom. The molecule has 2 rings (SSSR count). The summed E-state index contributed by atoms with van der Waals surface area (Å²) in [6.45, 7) is -0.747. The summed E-state index contributed by atoms with van der Waals surface area (Å²) < 4.78 is 39.6. The molecule has 0 aliphatic carbocycles. The van der Waals surface area contributed by atoms with Crippen LogP contribution in [0.5, 0.6) is 0 Å². The average Bonchev–Trinajstić information content (AvgIpc) is 2.40. The summed E-state index contributed by atoms with van der Waals surface area (Å²) in [6, 6.07) is 5.46. The molecule has 2 nitrogen and oxygen atoms in total. The first-order chi connectivity index (χ1) is 9.36. The van der Waals surface area contributed by atoms with Gasteiger partial charge in [0, 0.05) is 11.8 Å². The number of halogens is 5. The molecule has 0 atom stereocenters. The highest BCUT2D eigenvalue weighted by Crippen LogP contribution is 2.41. The molecule has 0 bridgehead atoms. The average molecular weight is 322 g/mol. The molecule has 0 saturated heterocycles. The van der Waals surface area contributed by atoms with Gasteiger partial charge in [-0.15, -0.1) is 0 Å². The van der Waals surface area contributed by atoms with Gasteiger partial charge in [-0.1, -0.05) is 35.3 Å². The maximum Gasteiger partial charge on any atom is 0.418 e. The first-order valence-electron chi connectivity index (χ1n) is 5.46. The molecule has 7 heteroatoms. The van der Waals surface area contributed by atoms with Crippen LogP contribution in [-0.4, -0.2) is 10.1 Å². The number of nitrogens with zero attached hydrogens (tertiary/aromatic N) is 1. The maximum absolute atomic E-state index is 13.2. The van der Waals surface area contributed by atoms with E-state index in [2.05, 4.69) is 4.98 Å². The molecule has 0 unspecified atom stereocenters. The number of aliphatic hydroxyl groups is 1. The standard InChI is InChI=1S/C13H8Cl2F3NO/c14-9-3-1-2-8(11(9)15)12-10(13(16,17)18)7(6-20)4-5-19-12/h1-5,20H,6H2. The molecule has 1 aromatic carbocycles. The molecule has 0 spiro atoms. The predicted octanol–water partition coefficient (Wildman–Crippen LogP) is 4.57. The van der Waals surface area contributed by atoms with E-state index in [1.165, 1.54) is 24.4 Å². The van der Waals surface area contributed by atoms with Gasteiger partial charge in [-0.3, -0.25) is 4.98 Å². The SMILES string of the molecule is OCc1ccnc(-c2cccc(Cl)c2Cl)c1C(F)(F)F. The van der Waals surface area contributed by atoms with Gasteiger partial charge in [-0.05, 0) is 17.7 Å². The van der Waals surface area contributed by atoms with Crippen LogP contribution in [0.4, 0.5) is 13.2 Å². The molecule has 0 aliphatic rings. The maximum atomic E-state index is 13.2. The molecule has 1 heterocycles. The number of hydrogen-bond donors (Lipinski definition) is 1. The Kier molecular flexibility index (Phi) is 4.22. The Morgan fingerprint density at radius 3 is 2.45 bits per heavy atom. The molecule has 0 radical (unpaired) electrons. The zero-order valence-electron chi connectivity index (χ0n) is 9.88. The van der Waals surface area contributed by atoms with Crippen molar-refractivity contribution in [1.29, 1.82) is 0 Å². The van der Waals surface area contributed by atoms with Gasteiger partial charge < -0.3 is 5.11 Å². The first-order valence-corrected chi connectivity index (χ1v) is 6.22. The lowest BCUT2D eigenvalue weighted by molar-refractivity contribution is -0.138. The summed E-state index contributed by atoms with van der Waals surface area (Å²) >= 11 is 11.8. The third kappa shape index (κ3) is 2.75. The molecule has 106 valence electrons. The second kappa shape index (κ2) is 5.60. The second-order valence-corrected chi connectivity index (χ2v) is 4.74. The van der Waals surface area contributed by atoms with Crippen molar-refractivity contribution >= 4 is 23.2 Å². The molecule has 0 aliphatic heterocycles. The fourth-order valence-corrected chi connectivity index (χ4v) is 2.23. The van der Waals surface area contributed by atoms with Crippen LogP contribution in [0.25, 0.3) is 11.3 Å².